The average molecular weight is 381 g/mol. The lowest BCUT2D eigenvalue weighted by Gasteiger charge is -2.33. The predicted molar refractivity (Wildman–Crippen MR) is 94.9 cm³/mol. The van der Waals surface area contributed by atoms with Crippen molar-refractivity contribution in [2.75, 3.05) is 26.8 Å². The number of ether oxygens (including phenoxy) is 2. The number of alkyl halides is 3. The van der Waals surface area contributed by atoms with Crippen LogP contribution in [0.25, 0.3) is 0 Å². The summed E-state index contributed by atoms with van der Waals surface area (Å²) in [5.74, 6) is 0.596. The molecule has 0 spiro atoms. The summed E-state index contributed by atoms with van der Waals surface area (Å²) in [6, 6.07) is 12.0. The molecule has 2 aromatic carbocycles. The molecule has 0 radical (unpaired) electrons. The Hall–Kier alpha value is -2.25. The number of hydrogen-bond acceptors (Lipinski definition) is 4. The summed E-state index contributed by atoms with van der Waals surface area (Å²) < 4.78 is 46.6. The highest BCUT2D eigenvalue weighted by atomic mass is 19.4. The average Bonchev–Trinajstić information content (AvgIpc) is 2.60. The fourth-order valence-electron chi connectivity index (χ4n) is 3.36. The summed E-state index contributed by atoms with van der Waals surface area (Å²) in [5, 5.41) is 8.86. The second kappa shape index (κ2) is 8.19. The number of benzene rings is 2. The number of likely N-dealkylation sites (N-methyl/N-ethyl adjacent to an activating group) is 1. The van der Waals surface area contributed by atoms with Crippen LogP contribution < -0.4 is 9.47 Å². The maximum Gasteiger partial charge on any atom is 0.573 e. The molecule has 3 rings (SSSR count). The van der Waals surface area contributed by atoms with E-state index in [1.807, 2.05) is 25.2 Å². The molecule has 0 saturated heterocycles. The van der Waals surface area contributed by atoms with Crippen LogP contribution in [-0.2, 0) is 6.54 Å². The highest BCUT2D eigenvalue weighted by Crippen LogP contribution is 2.36. The standard InChI is InChI=1S/C20H22F3NO3/c1-24-12-15-11-17(26-10-2-9-25)7-8-18(15)19(13-24)14-3-5-16(6-4-14)27-20(21,22)23/h3-8,11,19,25H,2,9-10,12-13H2,1H3. The molecule has 4 nitrogen and oxygen atoms in total. The first kappa shape index (κ1) is 19.5. The van der Waals surface area contributed by atoms with Crippen molar-refractivity contribution in [1.29, 1.82) is 0 Å². The SMILES string of the molecule is CN1Cc2cc(OCCCO)ccc2C(c2ccc(OC(F)(F)F)cc2)C1. The molecule has 0 aromatic heterocycles. The van der Waals surface area contributed by atoms with Gasteiger partial charge in [-0.2, -0.15) is 0 Å². The van der Waals surface area contributed by atoms with Gasteiger partial charge in [0.05, 0.1) is 6.61 Å². The predicted octanol–water partition coefficient (Wildman–Crippen LogP) is 3.92. The van der Waals surface area contributed by atoms with Crippen LogP contribution in [0.5, 0.6) is 11.5 Å². The minimum absolute atomic E-state index is 0.0604. The van der Waals surface area contributed by atoms with Crippen LogP contribution in [0.3, 0.4) is 0 Å². The zero-order valence-electron chi connectivity index (χ0n) is 15.0. The van der Waals surface area contributed by atoms with Crippen molar-refractivity contribution in [3.8, 4) is 11.5 Å². The molecule has 7 heteroatoms. The smallest absolute Gasteiger partial charge is 0.493 e. The van der Waals surface area contributed by atoms with E-state index in [1.165, 1.54) is 12.1 Å². The first-order valence-corrected chi connectivity index (χ1v) is 8.76. The minimum Gasteiger partial charge on any atom is -0.493 e. The molecule has 27 heavy (non-hydrogen) atoms. The summed E-state index contributed by atoms with van der Waals surface area (Å²) in [6.07, 6.45) is -4.11. The van der Waals surface area contributed by atoms with Crippen LogP contribution in [0, 0.1) is 0 Å². The third kappa shape index (κ3) is 5.14. The van der Waals surface area contributed by atoms with E-state index in [4.69, 9.17) is 9.84 Å². The van der Waals surface area contributed by atoms with Gasteiger partial charge >= 0.3 is 6.36 Å². The summed E-state index contributed by atoms with van der Waals surface area (Å²) >= 11 is 0. The maximum atomic E-state index is 12.3. The molecule has 1 unspecified atom stereocenters. The fourth-order valence-corrected chi connectivity index (χ4v) is 3.36. The molecule has 0 fully saturated rings. The number of halogens is 3. The van der Waals surface area contributed by atoms with Crippen LogP contribution in [0.1, 0.15) is 29.0 Å². The van der Waals surface area contributed by atoms with E-state index in [0.29, 0.717) is 13.0 Å². The van der Waals surface area contributed by atoms with E-state index in [9.17, 15) is 13.2 Å². The topological polar surface area (TPSA) is 41.9 Å². The van der Waals surface area contributed by atoms with E-state index in [0.717, 1.165) is 35.5 Å². The number of aliphatic hydroxyl groups excluding tert-OH is 1. The first-order chi connectivity index (χ1) is 12.9. The van der Waals surface area contributed by atoms with E-state index in [-0.39, 0.29) is 18.3 Å². The van der Waals surface area contributed by atoms with Gasteiger partial charge < -0.3 is 19.5 Å². The number of fused-ring (bicyclic) bond motifs is 1. The van der Waals surface area contributed by atoms with Gasteiger partial charge in [0.15, 0.2) is 0 Å². The van der Waals surface area contributed by atoms with Crippen LogP contribution in [0.15, 0.2) is 42.5 Å². The Balaban J connectivity index is 1.81. The van der Waals surface area contributed by atoms with E-state index in [1.54, 1.807) is 12.1 Å². The number of hydrogen-bond donors (Lipinski definition) is 1. The molecule has 0 aliphatic carbocycles. The molecule has 2 aromatic rings. The second-order valence-corrected chi connectivity index (χ2v) is 6.65. The molecule has 1 N–H and O–H groups in total. The van der Waals surface area contributed by atoms with Gasteiger partial charge in [0.1, 0.15) is 11.5 Å². The summed E-state index contributed by atoms with van der Waals surface area (Å²) in [4.78, 5) is 2.17. The zero-order valence-corrected chi connectivity index (χ0v) is 15.0. The largest absolute Gasteiger partial charge is 0.573 e. The van der Waals surface area contributed by atoms with Crippen molar-refractivity contribution in [2.45, 2.75) is 25.2 Å². The molecule has 0 saturated carbocycles. The van der Waals surface area contributed by atoms with Gasteiger partial charge in [0, 0.05) is 32.0 Å². The summed E-state index contributed by atoms with van der Waals surface area (Å²) in [6.45, 7) is 2.09. The lowest BCUT2D eigenvalue weighted by atomic mass is 9.84. The van der Waals surface area contributed by atoms with Crippen molar-refractivity contribution in [1.82, 2.24) is 4.90 Å². The molecule has 1 aliphatic rings. The Morgan fingerprint density at radius 2 is 1.81 bits per heavy atom. The zero-order chi connectivity index (χ0) is 19.4. The Morgan fingerprint density at radius 3 is 2.48 bits per heavy atom. The molecule has 1 heterocycles. The van der Waals surface area contributed by atoms with Gasteiger partial charge in [-0.3, -0.25) is 0 Å². The third-order valence-corrected chi connectivity index (χ3v) is 4.51. The van der Waals surface area contributed by atoms with Crippen molar-refractivity contribution in [3.63, 3.8) is 0 Å². The Labute approximate surface area is 156 Å². The fraction of sp³-hybridized carbons (Fsp3) is 0.400. The van der Waals surface area contributed by atoms with Gasteiger partial charge in [-0.05, 0) is 48.0 Å². The van der Waals surface area contributed by atoms with Crippen LogP contribution >= 0.6 is 0 Å². The van der Waals surface area contributed by atoms with E-state index in [2.05, 4.69) is 9.64 Å². The monoisotopic (exact) mass is 381 g/mol. The van der Waals surface area contributed by atoms with Crippen molar-refractivity contribution < 1.29 is 27.8 Å². The Morgan fingerprint density at radius 1 is 1.11 bits per heavy atom. The van der Waals surface area contributed by atoms with Gasteiger partial charge in [-0.15, -0.1) is 13.2 Å². The molecular formula is C20H22F3NO3. The molecule has 146 valence electrons. The number of nitrogens with zero attached hydrogens (tertiary/aromatic N) is 1. The summed E-state index contributed by atoms with van der Waals surface area (Å²) in [5.41, 5.74) is 3.21. The van der Waals surface area contributed by atoms with Crippen molar-refractivity contribution in [2.24, 2.45) is 0 Å². The molecule has 1 aliphatic heterocycles. The first-order valence-electron chi connectivity index (χ1n) is 8.76. The van der Waals surface area contributed by atoms with Crippen LogP contribution in [0.2, 0.25) is 0 Å². The third-order valence-electron chi connectivity index (χ3n) is 4.51. The van der Waals surface area contributed by atoms with Gasteiger partial charge in [-0.25, -0.2) is 0 Å². The number of rotatable bonds is 6. The Bertz CT molecular complexity index is 762. The molecule has 0 bridgehead atoms. The summed E-state index contributed by atoms with van der Waals surface area (Å²) in [7, 11) is 2.01. The molecular weight excluding hydrogens is 359 g/mol. The lowest BCUT2D eigenvalue weighted by Crippen LogP contribution is -2.31. The quantitative estimate of drug-likeness (QED) is 0.770. The van der Waals surface area contributed by atoms with Crippen molar-refractivity contribution in [3.05, 3.63) is 59.2 Å². The minimum atomic E-state index is -4.69. The van der Waals surface area contributed by atoms with Gasteiger partial charge in [-0.1, -0.05) is 18.2 Å². The maximum absolute atomic E-state index is 12.3. The van der Waals surface area contributed by atoms with Crippen LogP contribution in [0.4, 0.5) is 13.2 Å². The number of aliphatic hydroxyl groups is 1. The normalized spacial score (nSPS) is 17.4. The lowest BCUT2D eigenvalue weighted by molar-refractivity contribution is -0.274. The van der Waals surface area contributed by atoms with Crippen LogP contribution in [-0.4, -0.2) is 43.2 Å². The van der Waals surface area contributed by atoms with E-state index < -0.39 is 6.36 Å². The van der Waals surface area contributed by atoms with Crippen molar-refractivity contribution >= 4 is 0 Å². The van der Waals surface area contributed by atoms with E-state index >= 15 is 0 Å². The highest BCUT2D eigenvalue weighted by Gasteiger charge is 2.31. The Kier molecular flexibility index (Phi) is 5.92. The molecule has 1 atom stereocenters. The van der Waals surface area contributed by atoms with Gasteiger partial charge in [0.2, 0.25) is 0 Å². The second-order valence-electron chi connectivity index (χ2n) is 6.65. The van der Waals surface area contributed by atoms with Gasteiger partial charge in [0.25, 0.3) is 0 Å². The molecule has 0 amide bonds. The highest BCUT2D eigenvalue weighted by molar-refractivity contribution is 5.45.